The third-order valence-corrected chi connectivity index (χ3v) is 7.80. The van der Waals surface area contributed by atoms with Crippen LogP contribution in [0, 0.1) is 23.2 Å². The van der Waals surface area contributed by atoms with Crippen molar-refractivity contribution in [2.75, 3.05) is 0 Å². The minimum Gasteiger partial charge on any atom is -0.462 e. The van der Waals surface area contributed by atoms with Gasteiger partial charge in [-0.25, -0.2) is 0 Å². The maximum Gasteiger partial charge on any atom is 0.312 e. The standard InChI is InChI=1S/C22H29ClO7/c1-10-6-7-15(29-13(4)24)21(5)9-8-14(25)11(2)16(21)18(26)22(28)12(3)20(27)30-19(22)17(10)23/h8-9,11-12,15-19,26,28H,1,6-7H2,2-5H3/t11-,12-,15-,16+,17-,18-,19-,21+,22+/m0/s1. The molecule has 0 spiro atoms. The molecule has 2 aliphatic carbocycles. The molecule has 8 heteroatoms. The van der Waals surface area contributed by atoms with Gasteiger partial charge in [0.2, 0.25) is 0 Å². The summed E-state index contributed by atoms with van der Waals surface area (Å²) in [5.41, 5.74) is -2.53. The van der Waals surface area contributed by atoms with Crippen molar-refractivity contribution in [2.24, 2.45) is 23.2 Å². The van der Waals surface area contributed by atoms with E-state index in [-0.39, 0.29) is 5.78 Å². The first-order chi connectivity index (χ1) is 13.9. The molecule has 0 unspecified atom stereocenters. The van der Waals surface area contributed by atoms with Crippen molar-refractivity contribution >= 4 is 29.3 Å². The third-order valence-electron chi connectivity index (χ3n) is 7.26. The SMILES string of the molecule is C=C1CC[C@H](OC(C)=O)[C@@]2(C)C=CC(=O)[C@H](C)[C@@H]2[C@H](O)[C@]2(O)[C@@H](C)C(=O)O[C@H]2[C@H]1Cl. The summed E-state index contributed by atoms with van der Waals surface area (Å²) in [6, 6.07) is 0. The normalized spacial score (nSPS) is 46.6. The van der Waals surface area contributed by atoms with Gasteiger partial charge in [0.05, 0.1) is 17.4 Å². The van der Waals surface area contributed by atoms with E-state index in [1.807, 2.05) is 0 Å². The summed E-state index contributed by atoms with van der Waals surface area (Å²) in [6.07, 6.45) is 0.294. The Hall–Kier alpha value is -1.70. The van der Waals surface area contributed by atoms with E-state index in [1.54, 1.807) is 19.9 Å². The molecule has 1 saturated heterocycles. The maximum absolute atomic E-state index is 12.6. The molecule has 0 aromatic carbocycles. The van der Waals surface area contributed by atoms with Crippen LogP contribution in [0.25, 0.3) is 0 Å². The van der Waals surface area contributed by atoms with Crippen LogP contribution in [0.3, 0.4) is 0 Å². The van der Waals surface area contributed by atoms with E-state index < -0.39 is 64.4 Å². The van der Waals surface area contributed by atoms with Crippen molar-refractivity contribution in [3.8, 4) is 0 Å². The number of carbonyl (C=O) groups is 3. The summed E-state index contributed by atoms with van der Waals surface area (Å²) in [6.45, 7) is 10.2. The number of aliphatic hydroxyl groups excluding tert-OH is 1. The number of aliphatic hydroxyl groups is 2. The van der Waals surface area contributed by atoms with E-state index in [0.29, 0.717) is 18.4 Å². The first-order valence-electron chi connectivity index (χ1n) is 10.2. The van der Waals surface area contributed by atoms with Gasteiger partial charge >= 0.3 is 11.9 Å². The van der Waals surface area contributed by atoms with Gasteiger partial charge in [-0.15, -0.1) is 11.6 Å². The lowest BCUT2D eigenvalue weighted by atomic mass is 9.56. The first kappa shape index (κ1) is 23.0. The molecule has 3 aliphatic rings. The molecule has 7 nitrogen and oxygen atoms in total. The lowest BCUT2D eigenvalue weighted by Crippen LogP contribution is -2.64. The van der Waals surface area contributed by atoms with Crippen LogP contribution in [0.4, 0.5) is 0 Å². The number of rotatable bonds is 1. The summed E-state index contributed by atoms with van der Waals surface area (Å²) in [4.78, 5) is 36.8. The maximum atomic E-state index is 12.6. The molecule has 0 radical (unpaired) electrons. The van der Waals surface area contributed by atoms with E-state index in [9.17, 15) is 24.6 Å². The van der Waals surface area contributed by atoms with Gasteiger partial charge in [0, 0.05) is 24.2 Å². The highest BCUT2D eigenvalue weighted by atomic mass is 35.5. The van der Waals surface area contributed by atoms with Crippen molar-refractivity contribution in [1.29, 1.82) is 0 Å². The molecule has 2 fully saturated rings. The molecule has 1 aliphatic heterocycles. The van der Waals surface area contributed by atoms with Crippen LogP contribution in [0.1, 0.15) is 40.5 Å². The predicted molar refractivity (Wildman–Crippen MR) is 108 cm³/mol. The van der Waals surface area contributed by atoms with Crippen molar-refractivity contribution in [2.45, 2.75) is 69.8 Å². The van der Waals surface area contributed by atoms with Crippen molar-refractivity contribution < 1.29 is 34.1 Å². The highest BCUT2D eigenvalue weighted by Crippen LogP contribution is 2.53. The Morgan fingerprint density at radius 1 is 1.37 bits per heavy atom. The van der Waals surface area contributed by atoms with Crippen LogP contribution in [-0.2, 0) is 23.9 Å². The van der Waals surface area contributed by atoms with Gasteiger partial charge < -0.3 is 19.7 Å². The largest absolute Gasteiger partial charge is 0.462 e. The molecule has 3 rings (SSSR count). The zero-order valence-corrected chi connectivity index (χ0v) is 18.4. The molecule has 0 aromatic heterocycles. The number of hydrogen-bond acceptors (Lipinski definition) is 7. The molecule has 0 bridgehead atoms. The van der Waals surface area contributed by atoms with Crippen molar-refractivity contribution in [3.05, 3.63) is 24.3 Å². The minimum atomic E-state index is -2.05. The lowest BCUT2D eigenvalue weighted by Gasteiger charge is -2.52. The fourth-order valence-corrected chi connectivity index (χ4v) is 5.67. The molecular weight excluding hydrogens is 412 g/mol. The monoisotopic (exact) mass is 440 g/mol. The number of allylic oxidation sites excluding steroid dienone is 1. The van der Waals surface area contributed by atoms with Gasteiger partial charge in [0.1, 0.15) is 11.7 Å². The van der Waals surface area contributed by atoms with Crippen molar-refractivity contribution in [1.82, 2.24) is 0 Å². The van der Waals surface area contributed by atoms with Crippen LogP contribution >= 0.6 is 11.6 Å². The molecular formula is C22H29ClO7. The van der Waals surface area contributed by atoms with E-state index in [4.69, 9.17) is 21.1 Å². The summed E-state index contributed by atoms with van der Waals surface area (Å²) < 4.78 is 11.0. The number of carbonyl (C=O) groups excluding carboxylic acids is 3. The third kappa shape index (κ3) is 3.31. The van der Waals surface area contributed by atoms with E-state index in [2.05, 4.69) is 6.58 Å². The average Bonchev–Trinajstić information content (AvgIpc) is 2.91. The summed E-state index contributed by atoms with van der Waals surface area (Å²) in [5, 5.41) is 22.3. The number of alkyl halides is 1. The number of esters is 2. The zero-order chi connectivity index (χ0) is 22.6. The Balaban J connectivity index is 2.21. The molecule has 30 heavy (non-hydrogen) atoms. The number of fused-ring (bicyclic) bond motifs is 2. The Morgan fingerprint density at radius 2 is 2.00 bits per heavy atom. The van der Waals surface area contributed by atoms with Crippen LogP contribution in [0.5, 0.6) is 0 Å². The van der Waals surface area contributed by atoms with E-state index in [0.717, 1.165) is 0 Å². The number of ketones is 1. The molecule has 166 valence electrons. The first-order valence-corrected chi connectivity index (χ1v) is 10.6. The van der Waals surface area contributed by atoms with E-state index >= 15 is 0 Å². The zero-order valence-electron chi connectivity index (χ0n) is 17.6. The average molecular weight is 441 g/mol. The van der Waals surface area contributed by atoms with Crippen LogP contribution in [-0.4, -0.2) is 57.2 Å². The van der Waals surface area contributed by atoms with E-state index in [1.165, 1.54) is 19.9 Å². The summed E-state index contributed by atoms with van der Waals surface area (Å²) in [7, 11) is 0. The van der Waals surface area contributed by atoms with Gasteiger partial charge in [0.15, 0.2) is 11.9 Å². The molecule has 2 N–H and O–H groups in total. The molecule has 1 heterocycles. The fourth-order valence-electron chi connectivity index (χ4n) is 5.30. The van der Waals surface area contributed by atoms with Gasteiger partial charge in [-0.3, -0.25) is 14.4 Å². The Kier molecular flexibility index (Phi) is 5.95. The second-order valence-electron chi connectivity index (χ2n) is 9.02. The Morgan fingerprint density at radius 3 is 2.60 bits per heavy atom. The van der Waals surface area contributed by atoms with Gasteiger partial charge in [-0.05, 0) is 25.8 Å². The van der Waals surface area contributed by atoms with Crippen LogP contribution < -0.4 is 0 Å². The lowest BCUT2D eigenvalue weighted by molar-refractivity contribution is -0.190. The molecule has 9 atom stereocenters. The Bertz CT molecular complexity index is 807. The molecule has 0 amide bonds. The number of hydrogen-bond donors (Lipinski definition) is 2. The smallest absolute Gasteiger partial charge is 0.312 e. The second kappa shape index (κ2) is 7.77. The van der Waals surface area contributed by atoms with Crippen molar-refractivity contribution in [3.63, 3.8) is 0 Å². The van der Waals surface area contributed by atoms with Gasteiger partial charge in [0.25, 0.3) is 0 Å². The van der Waals surface area contributed by atoms with Crippen LogP contribution in [0.15, 0.2) is 24.3 Å². The Labute approximate surface area is 181 Å². The fraction of sp³-hybridized carbons (Fsp3) is 0.682. The van der Waals surface area contributed by atoms with Gasteiger partial charge in [-0.1, -0.05) is 32.1 Å². The predicted octanol–water partition coefficient (Wildman–Crippen LogP) is 1.93. The van der Waals surface area contributed by atoms with Crippen LogP contribution in [0.2, 0.25) is 0 Å². The summed E-state index contributed by atoms with van der Waals surface area (Å²) in [5.74, 6) is -4.02. The highest BCUT2D eigenvalue weighted by molar-refractivity contribution is 6.23. The summed E-state index contributed by atoms with van der Waals surface area (Å²) >= 11 is 6.55. The topological polar surface area (TPSA) is 110 Å². The number of ether oxygens (including phenoxy) is 2. The molecule has 1 saturated carbocycles. The second-order valence-corrected chi connectivity index (χ2v) is 9.49. The quantitative estimate of drug-likeness (QED) is 0.364. The highest BCUT2D eigenvalue weighted by Gasteiger charge is 2.66. The van der Waals surface area contributed by atoms with Gasteiger partial charge in [-0.2, -0.15) is 0 Å². The number of halogens is 1. The minimum absolute atomic E-state index is 0.222. The molecule has 0 aromatic rings.